The first kappa shape index (κ1) is 14.1. The smallest absolute Gasteiger partial charge is 0.311 e. The Kier molecular flexibility index (Phi) is 3.68. The standard InChI is InChI=1S/C17H16ClNO2/c1-10-5-6-11(9-14(10)18)15-8-7-12-13(17(20)21)3-2-4-16(12)19-15/h5-9,13H,2-4H2,1H3,(H,20,21). The van der Waals surface area contributed by atoms with E-state index in [0.29, 0.717) is 6.42 Å². The average Bonchev–Trinajstić information content (AvgIpc) is 2.48. The van der Waals surface area contributed by atoms with Crippen molar-refractivity contribution in [3.63, 3.8) is 0 Å². The Morgan fingerprint density at radius 1 is 1.33 bits per heavy atom. The number of pyridine rings is 1. The highest BCUT2D eigenvalue weighted by Gasteiger charge is 2.27. The van der Waals surface area contributed by atoms with Crippen LogP contribution in [0.4, 0.5) is 0 Å². The molecular weight excluding hydrogens is 286 g/mol. The van der Waals surface area contributed by atoms with E-state index in [2.05, 4.69) is 4.98 Å². The van der Waals surface area contributed by atoms with Gasteiger partial charge in [0.05, 0.1) is 11.6 Å². The van der Waals surface area contributed by atoms with Crippen molar-refractivity contribution >= 4 is 17.6 Å². The summed E-state index contributed by atoms with van der Waals surface area (Å²) in [4.78, 5) is 16.0. The lowest BCUT2D eigenvalue weighted by Gasteiger charge is -2.22. The van der Waals surface area contributed by atoms with E-state index < -0.39 is 11.9 Å². The molecule has 1 aromatic heterocycles. The first-order valence-electron chi connectivity index (χ1n) is 7.05. The van der Waals surface area contributed by atoms with Crippen molar-refractivity contribution in [3.8, 4) is 11.3 Å². The molecule has 108 valence electrons. The van der Waals surface area contributed by atoms with Gasteiger partial charge in [0.1, 0.15) is 0 Å². The summed E-state index contributed by atoms with van der Waals surface area (Å²) in [6, 6.07) is 9.67. The van der Waals surface area contributed by atoms with E-state index in [4.69, 9.17) is 11.6 Å². The third-order valence-electron chi connectivity index (χ3n) is 4.06. The maximum atomic E-state index is 11.3. The minimum Gasteiger partial charge on any atom is -0.481 e. The highest BCUT2D eigenvalue weighted by molar-refractivity contribution is 6.31. The summed E-state index contributed by atoms with van der Waals surface area (Å²) in [7, 11) is 0. The molecule has 1 N–H and O–H groups in total. The van der Waals surface area contributed by atoms with E-state index in [1.165, 1.54) is 0 Å². The van der Waals surface area contributed by atoms with Crippen molar-refractivity contribution in [1.82, 2.24) is 4.98 Å². The number of hydrogen-bond donors (Lipinski definition) is 1. The predicted molar refractivity (Wildman–Crippen MR) is 82.7 cm³/mol. The van der Waals surface area contributed by atoms with E-state index in [-0.39, 0.29) is 0 Å². The van der Waals surface area contributed by atoms with Gasteiger partial charge >= 0.3 is 5.97 Å². The number of aryl methyl sites for hydroxylation is 2. The van der Waals surface area contributed by atoms with E-state index in [1.807, 2.05) is 37.3 Å². The van der Waals surface area contributed by atoms with Crippen LogP contribution in [-0.4, -0.2) is 16.1 Å². The molecule has 0 spiro atoms. The average molecular weight is 302 g/mol. The number of hydrogen-bond acceptors (Lipinski definition) is 2. The van der Waals surface area contributed by atoms with Crippen molar-refractivity contribution in [2.75, 3.05) is 0 Å². The van der Waals surface area contributed by atoms with E-state index in [9.17, 15) is 9.90 Å². The second-order valence-corrected chi connectivity index (χ2v) is 5.89. The number of fused-ring (bicyclic) bond motifs is 1. The molecule has 1 heterocycles. The van der Waals surface area contributed by atoms with Gasteiger partial charge in [-0.3, -0.25) is 9.78 Å². The molecule has 21 heavy (non-hydrogen) atoms. The fraction of sp³-hybridized carbons (Fsp3) is 0.294. The molecule has 2 aromatic rings. The van der Waals surface area contributed by atoms with Crippen LogP contribution in [0.3, 0.4) is 0 Å². The van der Waals surface area contributed by atoms with Crippen molar-refractivity contribution in [1.29, 1.82) is 0 Å². The van der Waals surface area contributed by atoms with Gasteiger partial charge in [0.2, 0.25) is 0 Å². The third kappa shape index (κ3) is 2.66. The van der Waals surface area contributed by atoms with Gasteiger partial charge in [0.15, 0.2) is 0 Å². The fourth-order valence-corrected chi connectivity index (χ4v) is 3.01. The lowest BCUT2D eigenvalue weighted by atomic mass is 9.85. The first-order chi connectivity index (χ1) is 10.1. The SMILES string of the molecule is Cc1ccc(-c2ccc3c(n2)CCCC3C(=O)O)cc1Cl. The molecule has 0 amide bonds. The Hall–Kier alpha value is -1.87. The molecule has 4 heteroatoms. The van der Waals surface area contributed by atoms with E-state index in [0.717, 1.165) is 45.9 Å². The van der Waals surface area contributed by atoms with Gasteiger partial charge in [-0.1, -0.05) is 29.8 Å². The molecule has 1 aliphatic rings. The highest BCUT2D eigenvalue weighted by atomic mass is 35.5. The number of carbonyl (C=O) groups is 1. The maximum absolute atomic E-state index is 11.3. The fourth-order valence-electron chi connectivity index (χ4n) is 2.83. The molecule has 0 saturated heterocycles. The molecule has 0 radical (unpaired) electrons. The van der Waals surface area contributed by atoms with Gasteiger partial charge in [0, 0.05) is 16.3 Å². The largest absolute Gasteiger partial charge is 0.481 e. The first-order valence-corrected chi connectivity index (χ1v) is 7.43. The minimum atomic E-state index is -0.760. The quantitative estimate of drug-likeness (QED) is 0.903. The number of nitrogens with zero attached hydrogens (tertiary/aromatic N) is 1. The lowest BCUT2D eigenvalue weighted by Crippen LogP contribution is -2.19. The summed E-state index contributed by atoms with van der Waals surface area (Å²) in [5, 5.41) is 10.0. The van der Waals surface area contributed by atoms with Crippen LogP contribution in [0.15, 0.2) is 30.3 Å². The summed E-state index contributed by atoms with van der Waals surface area (Å²) in [6.45, 7) is 1.96. The van der Waals surface area contributed by atoms with Crippen molar-refractivity contribution in [2.24, 2.45) is 0 Å². The number of carboxylic acids is 1. The molecule has 0 fully saturated rings. The summed E-state index contributed by atoms with van der Waals surface area (Å²) in [5.41, 5.74) is 4.61. The van der Waals surface area contributed by atoms with Gasteiger partial charge in [-0.2, -0.15) is 0 Å². The Labute approximate surface area is 128 Å². The topological polar surface area (TPSA) is 50.2 Å². The van der Waals surface area contributed by atoms with Crippen LogP contribution in [0.2, 0.25) is 5.02 Å². The number of aromatic nitrogens is 1. The zero-order chi connectivity index (χ0) is 15.0. The second-order valence-electron chi connectivity index (χ2n) is 5.48. The number of carboxylic acid groups (broad SMARTS) is 1. The van der Waals surface area contributed by atoms with Crippen LogP contribution in [0.1, 0.15) is 35.6 Å². The Morgan fingerprint density at radius 2 is 2.14 bits per heavy atom. The highest BCUT2D eigenvalue weighted by Crippen LogP contribution is 2.33. The molecule has 0 saturated carbocycles. The van der Waals surface area contributed by atoms with Crippen LogP contribution >= 0.6 is 11.6 Å². The van der Waals surface area contributed by atoms with Crippen LogP contribution in [-0.2, 0) is 11.2 Å². The van der Waals surface area contributed by atoms with Gasteiger partial charge in [-0.15, -0.1) is 0 Å². The van der Waals surface area contributed by atoms with Gasteiger partial charge in [-0.25, -0.2) is 0 Å². The number of halogens is 1. The molecular formula is C17H16ClNO2. The molecule has 0 bridgehead atoms. The summed E-state index contributed by atoms with van der Waals surface area (Å²) >= 11 is 6.17. The van der Waals surface area contributed by atoms with Crippen molar-refractivity contribution in [2.45, 2.75) is 32.1 Å². The molecule has 0 aliphatic heterocycles. The molecule has 1 aliphatic carbocycles. The van der Waals surface area contributed by atoms with Gasteiger partial charge in [-0.05, 0) is 49.4 Å². The van der Waals surface area contributed by atoms with Crippen molar-refractivity contribution < 1.29 is 9.90 Å². The number of rotatable bonds is 2. The molecule has 3 rings (SSSR count). The maximum Gasteiger partial charge on any atom is 0.311 e. The molecule has 1 aromatic carbocycles. The predicted octanol–water partition coefficient (Wildman–Crippen LogP) is 4.21. The minimum absolute atomic E-state index is 0.420. The van der Waals surface area contributed by atoms with E-state index >= 15 is 0 Å². The Bertz CT molecular complexity index is 712. The van der Waals surface area contributed by atoms with Gasteiger partial charge in [0.25, 0.3) is 0 Å². The number of benzene rings is 1. The van der Waals surface area contributed by atoms with Crippen molar-refractivity contribution in [3.05, 3.63) is 52.2 Å². The zero-order valence-electron chi connectivity index (χ0n) is 11.8. The Balaban J connectivity index is 2.03. The van der Waals surface area contributed by atoms with Gasteiger partial charge < -0.3 is 5.11 Å². The van der Waals surface area contributed by atoms with Crippen LogP contribution in [0.25, 0.3) is 11.3 Å². The van der Waals surface area contributed by atoms with Crippen LogP contribution in [0.5, 0.6) is 0 Å². The normalized spacial score (nSPS) is 17.3. The van der Waals surface area contributed by atoms with Crippen LogP contribution in [0, 0.1) is 6.92 Å². The second kappa shape index (κ2) is 5.49. The number of aliphatic carboxylic acids is 1. The molecule has 1 atom stereocenters. The van der Waals surface area contributed by atoms with Crippen LogP contribution < -0.4 is 0 Å². The zero-order valence-corrected chi connectivity index (χ0v) is 12.5. The summed E-state index contributed by atoms with van der Waals surface area (Å²) < 4.78 is 0. The lowest BCUT2D eigenvalue weighted by molar-refractivity contribution is -0.139. The summed E-state index contributed by atoms with van der Waals surface area (Å²) in [6.07, 6.45) is 2.40. The molecule has 3 nitrogen and oxygen atoms in total. The molecule has 1 unspecified atom stereocenters. The van der Waals surface area contributed by atoms with E-state index in [1.54, 1.807) is 0 Å². The Morgan fingerprint density at radius 3 is 2.86 bits per heavy atom. The monoisotopic (exact) mass is 301 g/mol. The third-order valence-corrected chi connectivity index (χ3v) is 4.46. The summed E-state index contributed by atoms with van der Waals surface area (Å²) in [5.74, 6) is -1.18.